The Morgan fingerprint density at radius 3 is 2.15 bits per heavy atom. The maximum atomic E-state index is 12.5. The van der Waals surface area contributed by atoms with Gasteiger partial charge in [-0.2, -0.15) is 0 Å². The largest absolute Gasteiger partial charge is 0.478 e. The van der Waals surface area contributed by atoms with Crippen molar-refractivity contribution < 1.29 is 14.7 Å². The first-order valence-electron chi connectivity index (χ1n) is 6.04. The molecule has 0 aliphatic heterocycles. The van der Waals surface area contributed by atoms with E-state index in [1.807, 2.05) is 0 Å². The number of hydrogen-bond donors (Lipinski definition) is 1. The summed E-state index contributed by atoms with van der Waals surface area (Å²) in [4.78, 5) is 23.8. The predicted molar refractivity (Wildman–Crippen MR) is 76.7 cm³/mol. The van der Waals surface area contributed by atoms with Crippen molar-refractivity contribution in [1.29, 1.82) is 0 Å². The summed E-state index contributed by atoms with van der Waals surface area (Å²) >= 11 is 5.80. The van der Waals surface area contributed by atoms with Crippen LogP contribution < -0.4 is 0 Å². The summed E-state index contributed by atoms with van der Waals surface area (Å²) in [6.45, 7) is 3.34. The third-order valence-electron chi connectivity index (χ3n) is 3.47. The molecule has 1 heterocycles. The molecule has 0 saturated heterocycles. The van der Waals surface area contributed by atoms with E-state index >= 15 is 0 Å². The third-order valence-corrected chi connectivity index (χ3v) is 3.72. The fourth-order valence-electron chi connectivity index (χ4n) is 2.35. The normalized spacial score (nSPS) is 10.6. The van der Waals surface area contributed by atoms with Crippen LogP contribution in [-0.2, 0) is 7.05 Å². The molecule has 20 heavy (non-hydrogen) atoms. The van der Waals surface area contributed by atoms with Crippen molar-refractivity contribution in [2.24, 2.45) is 7.05 Å². The maximum Gasteiger partial charge on any atom is 0.337 e. The summed E-state index contributed by atoms with van der Waals surface area (Å²) in [5.41, 5.74) is 2.10. The molecule has 1 N–H and O–H groups in total. The molecule has 0 amide bonds. The molecule has 104 valence electrons. The Hall–Kier alpha value is -2.07. The van der Waals surface area contributed by atoms with Crippen molar-refractivity contribution in [3.63, 3.8) is 0 Å². The fraction of sp³-hybridized carbons (Fsp3) is 0.200. The minimum atomic E-state index is -1.02. The monoisotopic (exact) mass is 291 g/mol. The quantitative estimate of drug-likeness (QED) is 0.883. The van der Waals surface area contributed by atoms with Crippen LogP contribution in [0.4, 0.5) is 0 Å². The molecule has 0 radical (unpaired) electrons. The van der Waals surface area contributed by atoms with E-state index < -0.39 is 5.97 Å². The Morgan fingerprint density at radius 1 is 1.15 bits per heavy atom. The van der Waals surface area contributed by atoms with Crippen molar-refractivity contribution in [3.05, 3.63) is 57.4 Å². The van der Waals surface area contributed by atoms with Gasteiger partial charge in [-0.05, 0) is 43.7 Å². The summed E-state index contributed by atoms with van der Waals surface area (Å²) in [6.07, 6.45) is 0. The number of aromatic nitrogens is 1. The minimum absolute atomic E-state index is 0.185. The smallest absolute Gasteiger partial charge is 0.337 e. The van der Waals surface area contributed by atoms with Gasteiger partial charge in [0.05, 0.1) is 11.3 Å². The van der Waals surface area contributed by atoms with Gasteiger partial charge in [0.1, 0.15) is 0 Å². The van der Waals surface area contributed by atoms with E-state index in [9.17, 15) is 14.7 Å². The highest BCUT2D eigenvalue weighted by Crippen LogP contribution is 2.24. The Labute approximate surface area is 121 Å². The molecule has 0 fully saturated rings. The van der Waals surface area contributed by atoms with Crippen LogP contribution in [0.5, 0.6) is 0 Å². The molecule has 5 heteroatoms. The van der Waals surface area contributed by atoms with Crippen molar-refractivity contribution in [2.75, 3.05) is 0 Å². The molecular weight excluding hydrogens is 278 g/mol. The summed E-state index contributed by atoms with van der Waals surface area (Å²) in [5.74, 6) is -1.23. The topological polar surface area (TPSA) is 59.3 Å². The van der Waals surface area contributed by atoms with E-state index in [1.165, 1.54) is 0 Å². The average Bonchev–Trinajstić information content (AvgIpc) is 2.60. The van der Waals surface area contributed by atoms with E-state index in [0.717, 1.165) is 0 Å². The highest BCUT2D eigenvalue weighted by Gasteiger charge is 2.25. The molecule has 2 rings (SSSR count). The van der Waals surface area contributed by atoms with Gasteiger partial charge in [-0.1, -0.05) is 11.6 Å². The number of ketones is 1. The predicted octanol–water partition coefficient (Wildman–Crippen LogP) is 3.22. The first-order valence-corrected chi connectivity index (χ1v) is 6.41. The van der Waals surface area contributed by atoms with Crippen LogP contribution in [0, 0.1) is 13.8 Å². The maximum absolute atomic E-state index is 12.5. The van der Waals surface area contributed by atoms with Crippen molar-refractivity contribution in [3.8, 4) is 0 Å². The molecule has 1 aromatic carbocycles. The summed E-state index contributed by atoms with van der Waals surface area (Å²) in [5, 5.41) is 9.78. The van der Waals surface area contributed by atoms with Crippen molar-refractivity contribution in [1.82, 2.24) is 4.57 Å². The van der Waals surface area contributed by atoms with E-state index in [4.69, 9.17) is 11.6 Å². The Bertz CT molecular complexity index is 699. The summed E-state index contributed by atoms with van der Waals surface area (Å²) < 4.78 is 1.62. The second-order valence-electron chi connectivity index (χ2n) is 4.63. The molecule has 0 saturated carbocycles. The molecular formula is C15H14ClNO3. The summed E-state index contributed by atoms with van der Waals surface area (Å²) in [7, 11) is 1.69. The van der Waals surface area contributed by atoms with Gasteiger partial charge in [-0.15, -0.1) is 0 Å². The molecule has 0 aliphatic carbocycles. The van der Waals surface area contributed by atoms with E-state index in [-0.39, 0.29) is 11.3 Å². The fourth-order valence-corrected chi connectivity index (χ4v) is 2.48. The molecule has 0 spiro atoms. The number of halogens is 1. The second-order valence-corrected chi connectivity index (χ2v) is 5.07. The van der Waals surface area contributed by atoms with Gasteiger partial charge < -0.3 is 9.67 Å². The third kappa shape index (κ3) is 2.23. The Balaban J connectivity index is 2.59. The van der Waals surface area contributed by atoms with Gasteiger partial charge in [0, 0.05) is 23.3 Å². The number of carbonyl (C=O) groups excluding carboxylic acids is 1. The number of aromatic carboxylic acids is 1. The van der Waals surface area contributed by atoms with Crippen molar-refractivity contribution >= 4 is 23.4 Å². The molecule has 0 unspecified atom stereocenters. The van der Waals surface area contributed by atoms with Crippen LogP contribution in [0.3, 0.4) is 0 Å². The lowest BCUT2D eigenvalue weighted by molar-refractivity contribution is 0.0695. The number of nitrogens with zero attached hydrogens (tertiary/aromatic N) is 1. The van der Waals surface area contributed by atoms with Gasteiger partial charge in [0.25, 0.3) is 0 Å². The molecule has 4 nitrogen and oxygen atoms in total. The van der Waals surface area contributed by atoms with Gasteiger partial charge in [-0.25, -0.2) is 4.79 Å². The molecule has 0 aliphatic rings. The molecule has 2 aromatic rings. The van der Waals surface area contributed by atoms with Crippen LogP contribution in [0.15, 0.2) is 24.3 Å². The average molecular weight is 292 g/mol. The zero-order valence-electron chi connectivity index (χ0n) is 11.4. The second kappa shape index (κ2) is 5.13. The number of carboxylic acid groups (broad SMARTS) is 1. The van der Waals surface area contributed by atoms with Crippen LogP contribution in [0.25, 0.3) is 0 Å². The van der Waals surface area contributed by atoms with Crippen LogP contribution in [0.2, 0.25) is 5.02 Å². The lowest BCUT2D eigenvalue weighted by Gasteiger charge is -2.05. The zero-order valence-corrected chi connectivity index (χ0v) is 12.2. The van der Waals surface area contributed by atoms with Crippen LogP contribution in [0.1, 0.15) is 37.7 Å². The highest BCUT2D eigenvalue weighted by atomic mass is 35.5. The number of carbonyl (C=O) groups is 2. The van der Waals surface area contributed by atoms with E-state index in [1.54, 1.807) is 49.7 Å². The summed E-state index contributed by atoms with van der Waals surface area (Å²) in [6, 6.07) is 6.54. The van der Waals surface area contributed by atoms with Crippen LogP contribution >= 0.6 is 11.6 Å². The lowest BCUT2D eigenvalue weighted by atomic mass is 10.0. The minimum Gasteiger partial charge on any atom is -0.478 e. The molecule has 0 bridgehead atoms. The standard InChI is InChI=1S/C15H14ClNO3/c1-8-12(15(19)20)9(2)17(3)13(8)14(18)10-4-6-11(16)7-5-10/h4-7H,1-3H3,(H,19,20). The Kier molecular flexibility index (Phi) is 3.68. The van der Waals surface area contributed by atoms with E-state index in [2.05, 4.69) is 0 Å². The molecule has 0 atom stereocenters. The van der Waals surface area contributed by atoms with Gasteiger partial charge in [-0.3, -0.25) is 4.79 Å². The number of hydrogen-bond acceptors (Lipinski definition) is 2. The molecule has 1 aromatic heterocycles. The van der Waals surface area contributed by atoms with Crippen LogP contribution in [-0.4, -0.2) is 21.4 Å². The first kappa shape index (κ1) is 14.3. The van der Waals surface area contributed by atoms with Gasteiger partial charge in [0.15, 0.2) is 0 Å². The lowest BCUT2D eigenvalue weighted by Crippen LogP contribution is -2.09. The van der Waals surface area contributed by atoms with Crippen molar-refractivity contribution in [2.45, 2.75) is 13.8 Å². The Morgan fingerprint density at radius 2 is 1.70 bits per heavy atom. The SMILES string of the molecule is Cc1c(C(=O)O)c(C)n(C)c1C(=O)c1ccc(Cl)cc1. The van der Waals surface area contributed by atoms with Gasteiger partial charge >= 0.3 is 5.97 Å². The number of carboxylic acids is 1. The van der Waals surface area contributed by atoms with Gasteiger partial charge in [0.2, 0.25) is 5.78 Å². The highest BCUT2D eigenvalue weighted by molar-refractivity contribution is 6.30. The first-order chi connectivity index (χ1) is 9.34. The number of rotatable bonds is 3. The van der Waals surface area contributed by atoms with E-state index in [0.29, 0.717) is 27.5 Å². The zero-order chi connectivity index (χ0) is 15.0. The number of benzene rings is 1.